The van der Waals surface area contributed by atoms with E-state index < -0.39 is 35.6 Å². The summed E-state index contributed by atoms with van der Waals surface area (Å²) in [4.78, 5) is 49.3. The Morgan fingerprint density at radius 1 is 0.870 bits per heavy atom. The van der Waals surface area contributed by atoms with Crippen molar-refractivity contribution in [2.24, 2.45) is 11.8 Å². The van der Waals surface area contributed by atoms with E-state index in [2.05, 4.69) is 0 Å². The Morgan fingerprint density at radius 2 is 1.59 bits per heavy atom. The van der Waals surface area contributed by atoms with Crippen molar-refractivity contribution in [1.82, 2.24) is 9.80 Å². The lowest BCUT2D eigenvalue weighted by molar-refractivity contribution is -0.147. The number of hydrogen-bond acceptors (Lipinski definition) is 5. The minimum Gasteiger partial charge on any atom is -0.394 e. The predicted molar refractivity (Wildman–Crippen MR) is 175 cm³/mol. The molecular formula is C38H39N3O5. The molecule has 46 heavy (non-hydrogen) atoms. The van der Waals surface area contributed by atoms with Crippen LogP contribution in [0.3, 0.4) is 0 Å². The highest BCUT2D eigenvalue weighted by molar-refractivity contribution is 6.06. The minimum absolute atomic E-state index is 0.172. The second kappa shape index (κ2) is 12.0. The Bertz CT molecular complexity index is 1710. The molecular weight excluding hydrogens is 578 g/mol. The summed E-state index contributed by atoms with van der Waals surface area (Å²) in [5.74, 6) is -2.54. The Labute approximate surface area is 269 Å². The number of benzene rings is 3. The molecule has 0 saturated carbocycles. The number of fused-ring (bicyclic) bond motifs is 2. The van der Waals surface area contributed by atoms with Crippen LogP contribution in [0.2, 0.25) is 0 Å². The first-order valence-electron chi connectivity index (χ1n) is 16.0. The molecule has 0 radical (unpaired) electrons. The average Bonchev–Trinajstić information content (AvgIpc) is 3.39. The van der Waals surface area contributed by atoms with E-state index in [4.69, 9.17) is 4.74 Å². The second-order valence-corrected chi connectivity index (χ2v) is 12.9. The molecule has 0 bridgehead atoms. The second-order valence-electron chi connectivity index (χ2n) is 12.9. The fourth-order valence-corrected chi connectivity index (χ4v) is 7.83. The standard InChI is InChI=1S/C38H39N3O5/c1-25-16-17-26(2)30(21-25)40-20-10-18-38-33(32-31(46-38)15-9-19-39(35(32)43)23-28-13-7-4-8-14-28)36(44)41(34(38)37(40)45)29(24-42)22-27-11-5-3-6-12-27/h3-18,21,29,31-34,42H,19-20,22-24H2,1-2H3/t29-,31-,32+,33+,34?,38+/m1/s1. The summed E-state index contributed by atoms with van der Waals surface area (Å²) in [6, 6.07) is 23.6. The smallest absolute Gasteiger partial charge is 0.253 e. The van der Waals surface area contributed by atoms with Gasteiger partial charge < -0.3 is 24.5 Å². The van der Waals surface area contributed by atoms with E-state index >= 15 is 0 Å². The summed E-state index contributed by atoms with van der Waals surface area (Å²) in [6.07, 6.45) is 7.25. The Balaban J connectivity index is 1.33. The van der Waals surface area contributed by atoms with Crippen LogP contribution in [0.5, 0.6) is 0 Å². The van der Waals surface area contributed by atoms with Gasteiger partial charge in [-0.1, -0.05) is 97.1 Å². The number of rotatable bonds is 7. The number of nitrogens with zero attached hydrogens (tertiary/aromatic N) is 3. The van der Waals surface area contributed by atoms with Crippen LogP contribution >= 0.6 is 0 Å². The average molecular weight is 618 g/mol. The van der Waals surface area contributed by atoms with Crippen molar-refractivity contribution in [3.8, 4) is 0 Å². The molecule has 0 aliphatic carbocycles. The lowest BCUT2D eigenvalue weighted by Crippen LogP contribution is -2.58. The maximum absolute atomic E-state index is 14.9. The quantitative estimate of drug-likeness (QED) is 0.405. The minimum atomic E-state index is -1.38. The molecule has 236 valence electrons. The summed E-state index contributed by atoms with van der Waals surface area (Å²) in [5.41, 5.74) is 3.26. The summed E-state index contributed by atoms with van der Waals surface area (Å²) in [5, 5.41) is 10.8. The van der Waals surface area contributed by atoms with E-state index in [1.165, 1.54) is 0 Å². The van der Waals surface area contributed by atoms with Gasteiger partial charge in [0.15, 0.2) is 0 Å². The first-order valence-corrected chi connectivity index (χ1v) is 16.0. The number of aliphatic hydroxyl groups is 1. The van der Waals surface area contributed by atoms with Gasteiger partial charge in [-0.15, -0.1) is 0 Å². The third-order valence-corrected chi connectivity index (χ3v) is 9.97. The van der Waals surface area contributed by atoms with Crippen LogP contribution in [0, 0.1) is 25.7 Å². The van der Waals surface area contributed by atoms with Crippen LogP contribution in [0.4, 0.5) is 5.69 Å². The number of carbonyl (C=O) groups excluding carboxylic acids is 3. The van der Waals surface area contributed by atoms with Crippen LogP contribution in [0.1, 0.15) is 22.3 Å². The summed E-state index contributed by atoms with van der Waals surface area (Å²) in [6.45, 7) is 4.69. The normalized spacial score (nSPS) is 27.7. The van der Waals surface area contributed by atoms with Crippen molar-refractivity contribution >= 4 is 23.4 Å². The van der Waals surface area contributed by atoms with Crippen LogP contribution in [-0.4, -0.2) is 76.1 Å². The van der Waals surface area contributed by atoms with E-state index in [0.717, 1.165) is 27.9 Å². The number of likely N-dealkylation sites (tertiary alicyclic amines) is 1. The molecule has 4 aliphatic rings. The van der Waals surface area contributed by atoms with Gasteiger partial charge in [-0.05, 0) is 48.6 Å². The van der Waals surface area contributed by atoms with E-state index in [9.17, 15) is 19.5 Å². The van der Waals surface area contributed by atoms with Gasteiger partial charge in [0.1, 0.15) is 11.6 Å². The molecule has 4 aliphatic heterocycles. The third-order valence-electron chi connectivity index (χ3n) is 9.97. The first kappa shape index (κ1) is 30.1. The van der Waals surface area contributed by atoms with Gasteiger partial charge in [-0.3, -0.25) is 14.4 Å². The molecule has 3 aromatic rings. The van der Waals surface area contributed by atoms with Crippen molar-refractivity contribution in [3.05, 3.63) is 125 Å². The first-order chi connectivity index (χ1) is 22.3. The monoisotopic (exact) mass is 617 g/mol. The van der Waals surface area contributed by atoms with Crippen molar-refractivity contribution in [2.75, 3.05) is 24.6 Å². The molecule has 6 atom stereocenters. The van der Waals surface area contributed by atoms with Crippen molar-refractivity contribution in [2.45, 2.75) is 50.6 Å². The number of aliphatic hydroxyl groups excluding tert-OH is 1. The summed E-state index contributed by atoms with van der Waals surface area (Å²) < 4.78 is 6.85. The number of ether oxygens (including phenoxy) is 1. The van der Waals surface area contributed by atoms with Crippen LogP contribution < -0.4 is 4.90 Å². The van der Waals surface area contributed by atoms with Gasteiger partial charge in [0.25, 0.3) is 5.91 Å². The zero-order valence-electron chi connectivity index (χ0n) is 26.2. The van der Waals surface area contributed by atoms with Crippen molar-refractivity contribution in [1.29, 1.82) is 0 Å². The summed E-state index contributed by atoms with van der Waals surface area (Å²) >= 11 is 0. The highest BCUT2D eigenvalue weighted by Gasteiger charge is 2.72. The fraction of sp³-hybridized carbons (Fsp3) is 0.342. The largest absolute Gasteiger partial charge is 0.394 e. The number of amides is 3. The maximum atomic E-state index is 14.9. The molecule has 8 nitrogen and oxygen atoms in total. The van der Waals surface area contributed by atoms with Gasteiger partial charge in [-0.25, -0.2) is 0 Å². The highest BCUT2D eigenvalue weighted by atomic mass is 16.5. The van der Waals surface area contributed by atoms with E-state index in [0.29, 0.717) is 26.1 Å². The van der Waals surface area contributed by atoms with E-state index in [1.807, 2.05) is 117 Å². The van der Waals surface area contributed by atoms with E-state index in [1.54, 1.807) is 14.7 Å². The molecule has 0 aromatic heterocycles. The molecule has 1 unspecified atom stereocenters. The molecule has 3 amide bonds. The molecule has 2 fully saturated rings. The van der Waals surface area contributed by atoms with Crippen molar-refractivity contribution in [3.63, 3.8) is 0 Å². The number of anilines is 1. The molecule has 4 heterocycles. The lowest BCUT2D eigenvalue weighted by atomic mass is 9.77. The fourth-order valence-electron chi connectivity index (χ4n) is 7.83. The maximum Gasteiger partial charge on any atom is 0.253 e. The molecule has 7 rings (SSSR count). The zero-order valence-corrected chi connectivity index (χ0v) is 26.2. The van der Waals surface area contributed by atoms with E-state index in [-0.39, 0.29) is 24.3 Å². The molecule has 8 heteroatoms. The lowest BCUT2D eigenvalue weighted by Gasteiger charge is -2.39. The molecule has 1 spiro atoms. The van der Waals surface area contributed by atoms with Crippen molar-refractivity contribution < 1.29 is 24.2 Å². The molecule has 1 N–H and O–H groups in total. The van der Waals surface area contributed by atoms with Gasteiger partial charge >= 0.3 is 0 Å². The molecule has 3 aromatic carbocycles. The Hall–Kier alpha value is -4.53. The SMILES string of the molecule is Cc1ccc(C)c(N2CC=C[C@]34O[C@@H]5C=CCN(Cc6ccccc6)C(=O)[C@@H]5[C@H]3C(=O)N([C@@H](CO)Cc3ccccc3)C4C2=O)c1. The van der Waals surface area contributed by atoms with Gasteiger partial charge in [0, 0.05) is 25.3 Å². The third kappa shape index (κ3) is 4.96. The van der Waals surface area contributed by atoms with Crippen LogP contribution in [0.25, 0.3) is 0 Å². The Morgan fingerprint density at radius 3 is 2.30 bits per heavy atom. The number of hydrogen-bond donors (Lipinski definition) is 1. The van der Waals surface area contributed by atoms with Crippen LogP contribution in [-0.2, 0) is 32.1 Å². The predicted octanol–water partition coefficient (Wildman–Crippen LogP) is 3.99. The number of carbonyl (C=O) groups is 3. The Kier molecular flexibility index (Phi) is 7.87. The van der Waals surface area contributed by atoms with Gasteiger partial charge in [0.2, 0.25) is 11.8 Å². The number of aryl methyl sites for hydroxylation is 2. The van der Waals surface area contributed by atoms with Crippen LogP contribution in [0.15, 0.2) is 103 Å². The van der Waals surface area contributed by atoms with Gasteiger partial charge in [-0.2, -0.15) is 0 Å². The summed E-state index contributed by atoms with van der Waals surface area (Å²) in [7, 11) is 0. The topological polar surface area (TPSA) is 90.4 Å². The van der Waals surface area contributed by atoms with Gasteiger partial charge in [0.05, 0.1) is 30.6 Å². The highest BCUT2D eigenvalue weighted by Crippen LogP contribution is 2.54. The molecule has 2 saturated heterocycles. The zero-order chi connectivity index (χ0) is 32.0.